The maximum atomic E-state index is 11.3. The van der Waals surface area contributed by atoms with Crippen molar-refractivity contribution in [1.29, 1.82) is 0 Å². The van der Waals surface area contributed by atoms with Crippen LogP contribution in [0.1, 0.15) is 22.4 Å². The summed E-state index contributed by atoms with van der Waals surface area (Å²) in [6.07, 6.45) is 1.52. The standard InChI is InChI=1S/C11H10ClN5O4S/c1-3-6-14-7(10(18)19)9(22-6)16(2)8-5(17(20)21)4-13-11(12)15-8/h4H,3H2,1-2H3,(H,18,19). The predicted molar refractivity (Wildman–Crippen MR) is 80.2 cm³/mol. The van der Waals surface area contributed by atoms with Crippen LogP contribution >= 0.6 is 22.9 Å². The fourth-order valence-corrected chi connectivity index (χ4v) is 2.78. The average Bonchev–Trinajstić information content (AvgIpc) is 2.90. The van der Waals surface area contributed by atoms with Gasteiger partial charge in [0.05, 0.1) is 9.93 Å². The van der Waals surface area contributed by atoms with Crippen molar-refractivity contribution < 1.29 is 14.8 Å². The summed E-state index contributed by atoms with van der Waals surface area (Å²) in [5, 5.41) is 21.0. The topological polar surface area (TPSA) is 122 Å². The lowest BCUT2D eigenvalue weighted by atomic mass is 10.4. The van der Waals surface area contributed by atoms with E-state index < -0.39 is 10.9 Å². The van der Waals surface area contributed by atoms with Crippen molar-refractivity contribution >= 4 is 45.4 Å². The van der Waals surface area contributed by atoms with Crippen LogP contribution in [0.15, 0.2) is 6.20 Å². The highest BCUT2D eigenvalue weighted by molar-refractivity contribution is 7.16. The van der Waals surface area contributed by atoms with Crippen molar-refractivity contribution in [1.82, 2.24) is 15.0 Å². The Hall–Kier alpha value is -2.33. The second kappa shape index (κ2) is 6.20. The third-order valence-electron chi connectivity index (χ3n) is 2.70. The second-order valence-electron chi connectivity index (χ2n) is 4.08. The summed E-state index contributed by atoms with van der Waals surface area (Å²) in [7, 11) is 1.46. The van der Waals surface area contributed by atoms with E-state index in [2.05, 4.69) is 15.0 Å². The van der Waals surface area contributed by atoms with Gasteiger partial charge in [-0.2, -0.15) is 4.98 Å². The molecule has 2 aromatic rings. The molecule has 0 atom stereocenters. The lowest BCUT2D eigenvalue weighted by Crippen LogP contribution is -2.15. The van der Waals surface area contributed by atoms with Gasteiger partial charge in [0.2, 0.25) is 11.1 Å². The summed E-state index contributed by atoms with van der Waals surface area (Å²) in [4.78, 5) is 34.4. The first-order chi connectivity index (χ1) is 10.3. The number of thiazole rings is 1. The van der Waals surface area contributed by atoms with Gasteiger partial charge in [-0.1, -0.05) is 6.92 Å². The summed E-state index contributed by atoms with van der Waals surface area (Å²) < 4.78 is 0. The molecule has 0 radical (unpaired) electrons. The third kappa shape index (κ3) is 2.97. The number of hydrogen-bond acceptors (Lipinski definition) is 8. The third-order valence-corrected chi connectivity index (χ3v) is 4.16. The number of hydrogen-bond donors (Lipinski definition) is 1. The summed E-state index contributed by atoms with van der Waals surface area (Å²) in [6.45, 7) is 1.83. The molecule has 0 spiro atoms. The van der Waals surface area contributed by atoms with Gasteiger partial charge in [0.25, 0.3) is 0 Å². The molecule has 0 fully saturated rings. The number of aromatic nitrogens is 3. The quantitative estimate of drug-likeness (QED) is 0.499. The van der Waals surface area contributed by atoms with Crippen LogP contribution < -0.4 is 4.90 Å². The van der Waals surface area contributed by atoms with E-state index in [1.54, 1.807) is 0 Å². The number of aromatic carboxylic acids is 1. The normalized spacial score (nSPS) is 10.5. The Morgan fingerprint density at radius 2 is 2.23 bits per heavy atom. The molecule has 2 heterocycles. The molecule has 0 saturated carbocycles. The van der Waals surface area contributed by atoms with E-state index in [0.29, 0.717) is 11.4 Å². The molecule has 0 aliphatic heterocycles. The van der Waals surface area contributed by atoms with E-state index in [-0.39, 0.29) is 27.5 Å². The van der Waals surface area contributed by atoms with Gasteiger partial charge >= 0.3 is 11.7 Å². The molecular formula is C11H10ClN5O4S. The van der Waals surface area contributed by atoms with Gasteiger partial charge in [-0.3, -0.25) is 10.1 Å². The van der Waals surface area contributed by atoms with Crippen molar-refractivity contribution in [3.63, 3.8) is 0 Å². The Morgan fingerprint density at radius 1 is 1.55 bits per heavy atom. The van der Waals surface area contributed by atoms with Gasteiger partial charge in [-0.15, -0.1) is 11.3 Å². The molecule has 1 N–H and O–H groups in total. The molecule has 0 saturated heterocycles. The van der Waals surface area contributed by atoms with Crippen LogP contribution in [0.5, 0.6) is 0 Å². The second-order valence-corrected chi connectivity index (χ2v) is 5.48. The average molecular weight is 344 g/mol. The van der Waals surface area contributed by atoms with Gasteiger partial charge in [-0.05, 0) is 18.0 Å². The molecule has 22 heavy (non-hydrogen) atoms. The smallest absolute Gasteiger partial charge is 0.357 e. The molecule has 2 aromatic heterocycles. The molecule has 116 valence electrons. The number of rotatable bonds is 5. The van der Waals surface area contributed by atoms with Crippen LogP contribution in [0.25, 0.3) is 0 Å². The molecule has 0 amide bonds. The monoisotopic (exact) mass is 343 g/mol. The van der Waals surface area contributed by atoms with Gasteiger partial charge in [0.15, 0.2) is 5.69 Å². The largest absolute Gasteiger partial charge is 0.476 e. The zero-order chi connectivity index (χ0) is 16.4. The molecule has 11 heteroatoms. The molecule has 2 rings (SSSR count). The Morgan fingerprint density at radius 3 is 2.77 bits per heavy atom. The first-order valence-corrected chi connectivity index (χ1v) is 7.18. The number of carbonyl (C=O) groups is 1. The molecule has 9 nitrogen and oxygen atoms in total. The van der Waals surface area contributed by atoms with Crippen LogP contribution in [0, 0.1) is 10.1 Å². The van der Waals surface area contributed by atoms with Crippen molar-refractivity contribution in [2.75, 3.05) is 11.9 Å². The number of carboxylic acid groups (broad SMARTS) is 1. The zero-order valence-corrected chi connectivity index (χ0v) is 13.1. The summed E-state index contributed by atoms with van der Waals surface area (Å²) in [5.74, 6) is -1.32. The van der Waals surface area contributed by atoms with E-state index in [4.69, 9.17) is 11.6 Å². The highest BCUT2D eigenvalue weighted by atomic mass is 35.5. The Bertz CT molecular complexity index is 750. The Kier molecular flexibility index (Phi) is 4.52. The lowest BCUT2D eigenvalue weighted by molar-refractivity contribution is -0.384. The zero-order valence-electron chi connectivity index (χ0n) is 11.5. The van der Waals surface area contributed by atoms with Crippen molar-refractivity contribution in [3.05, 3.63) is 32.3 Å². The molecule has 0 aliphatic carbocycles. The number of nitrogens with zero attached hydrogens (tertiary/aromatic N) is 5. The Labute approximate surface area is 133 Å². The SMILES string of the molecule is CCc1nc(C(=O)O)c(N(C)c2nc(Cl)ncc2[N+](=O)[O-])s1. The maximum Gasteiger partial charge on any atom is 0.357 e. The molecule has 0 aromatic carbocycles. The fourth-order valence-electron chi connectivity index (χ4n) is 1.69. The van der Waals surface area contributed by atoms with Crippen molar-refractivity contribution in [2.45, 2.75) is 13.3 Å². The van der Waals surface area contributed by atoms with Crippen molar-refractivity contribution in [3.8, 4) is 0 Å². The molecule has 0 aliphatic rings. The van der Waals surface area contributed by atoms with Crippen LogP contribution in [-0.4, -0.2) is 38.0 Å². The first kappa shape index (κ1) is 16.0. The van der Waals surface area contributed by atoms with E-state index in [0.717, 1.165) is 17.5 Å². The molecular weight excluding hydrogens is 334 g/mol. The number of halogens is 1. The number of carboxylic acids is 1. The Balaban J connectivity index is 2.59. The predicted octanol–water partition coefficient (Wildman–Crippen LogP) is 2.52. The molecule has 0 bridgehead atoms. The van der Waals surface area contributed by atoms with Crippen LogP contribution in [0.4, 0.5) is 16.5 Å². The van der Waals surface area contributed by atoms with Gasteiger partial charge in [-0.25, -0.2) is 14.8 Å². The van der Waals surface area contributed by atoms with E-state index in [1.165, 1.54) is 11.9 Å². The number of anilines is 2. The number of aryl methyl sites for hydroxylation is 1. The molecule has 0 unspecified atom stereocenters. The first-order valence-electron chi connectivity index (χ1n) is 5.98. The fraction of sp³-hybridized carbons (Fsp3) is 0.273. The highest BCUT2D eigenvalue weighted by Crippen LogP contribution is 2.36. The maximum absolute atomic E-state index is 11.3. The highest BCUT2D eigenvalue weighted by Gasteiger charge is 2.27. The van der Waals surface area contributed by atoms with Gasteiger partial charge in [0.1, 0.15) is 11.2 Å². The van der Waals surface area contributed by atoms with E-state index >= 15 is 0 Å². The van der Waals surface area contributed by atoms with Crippen LogP contribution in [0.3, 0.4) is 0 Å². The van der Waals surface area contributed by atoms with Crippen molar-refractivity contribution in [2.24, 2.45) is 0 Å². The van der Waals surface area contributed by atoms with E-state index in [1.807, 2.05) is 6.92 Å². The summed E-state index contributed by atoms with van der Waals surface area (Å²) in [6, 6.07) is 0. The van der Waals surface area contributed by atoms with E-state index in [9.17, 15) is 20.0 Å². The summed E-state index contributed by atoms with van der Waals surface area (Å²) in [5.41, 5.74) is -0.567. The van der Waals surface area contributed by atoms with Gasteiger partial charge < -0.3 is 10.0 Å². The minimum Gasteiger partial charge on any atom is -0.476 e. The number of nitro groups is 1. The van der Waals surface area contributed by atoms with Crippen LogP contribution in [0.2, 0.25) is 5.28 Å². The minimum atomic E-state index is -1.22. The minimum absolute atomic E-state index is 0.0983. The van der Waals surface area contributed by atoms with Gasteiger partial charge in [0, 0.05) is 7.05 Å². The summed E-state index contributed by atoms with van der Waals surface area (Å²) >= 11 is 6.81. The van der Waals surface area contributed by atoms with Crippen LogP contribution in [-0.2, 0) is 6.42 Å². The lowest BCUT2D eigenvalue weighted by Gasteiger charge is -2.16.